The molecule has 0 saturated carbocycles. The third-order valence-corrected chi connectivity index (χ3v) is 2.66. The lowest BCUT2D eigenvalue weighted by Crippen LogP contribution is -2.30. The van der Waals surface area contributed by atoms with Crippen LogP contribution in [0.25, 0.3) is 0 Å². The number of hydrogen-bond acceptors (Lipinski definition) is 3. The summed E-state index contributed by atoms with van der Waals surface area (Å²) >= 11 is 0. The molecule has 0 bridgehead atoms. The van der Waals surface area contributed by atoms with Crippen molar-refractivity contribution >= 4 is 17.5 Å². The third-order valence-electron chi connectivity index (χ3n) is 2.66. The van der Waals surface area contributed by atoms with Crippen molar-refractivity contribution in [1.29, 1.82) is 0 Å². The average molecular weight is 263 g/mol. The molecule has 0 aliphatic rings. The van der Waals surface area contributed by atoms with Gasteiger partial charge in [0, 0.05) is 24.8 Å². The third kappa shape index (κ3) is 5.42. The van der Waals surface area contributed by atoms with Crippen LogP contribution in [0.4, 0.5) is 5.69 Å². The van der Waals surface area contributed by atoms with Crippen LogP contribution in [0.5, 0.6) is 0 Å². The molecule has 104 valence electrons. The summed E-state index contributed by atoms with van der Waals surface area (Å²) < 4.78 is 0. The summed E-state index contributed by atoms with van der Waals surface area (Å²) in [7, 11) is 1.59. The van der Waals surface area contributed by atoms with Crippen molar-refractivity contribution in [1.82, 2.24) is 10.6 Å². The molecule has 19 heavy (non-hydrogen) atoms. The predicted octanol–water partition coefficient (Wildman–Crippen LogP) is 1.37. The molecule has 0 aromatic heterocycles. The van der Waals surface area contributed by atoms with Crippen molar-refractivity contribution in [3.8, 4) is 0 Å². The highest BCUT2D eigenvalue weighted by atomic mass is 16.2. The van der Waals surface area contributed by atoms with Gasteiger partial charge in [0.25, 0.3) is 5.91 Å². The van der Waals surface area contributed by atoms with Gasteiger partial charge < -0.3 is 16.0 Å². The minimum Gasteiger partial charge on any atom is -0.376 e. The monoisotopic (exact) mass is 263 g/mol. The molecule has 0 aliphatic carbocycles. The molecule has 1 aromatic rings. The van der Waals surface area contributed by atoms with E-state index in [-0.39, 0.29) is 18.4 Å². The molecular formula is C14H21N3O2. The molecule has 2 amide bonds. The van der Waals surface area contributed by atoms with Gasteiger partial charge in [0.2, 0.25) is 5.91 Å². The number of carbonyl (C=O) groups excluding carboxylic acids is 2. The van der Waals surface area contributed by atoms with Gasteiger partial charge in [-0.1, -0.05) is 19.4 Å². The Morgan fingerprint density at radius 3 is 2.74 bits per heavy atom. The molecule has 0 aliphatic heterocycles. The van der Waals surface area contributed by atoms with Crippen molar-refractivity contribution in [3.63, 3.8) is 0 Å². The summed E-state index contributed by atoms with van der Waals surface area (Å²) in [6.07, 6.45) is 2.04. The Hall–Kier alpha value is -2.04. The van der Waals surface area contributed by atoms with Crippen LogP contribution in [-0.4, -0.2) is 32.0 Å². The van der Waals surface area contributed by atoms with Crippen LogP contribution >= 0.6 is 0 Å². The maximum absolute atomic E-state index is 11.5. The standard InChI is InChI=1S/C14H21N3O2/c1-3-4-8-16-13(18)10-17-12-7-5-6-11(9-12)14(19)15-2/h5-7,9,17H,3-4,8,10H2,1-2H3,(H,15,19)(H,16,18). The Labute approximate surface area is 113 Å². The van der Waals surface area contributed by atoms with Crippen LogP contribution in [-0.2, 0) is 4.79 Å². The second kappa shape index (κ2) is 8.13. The van der Waals surface area contributed by atoms with Gasteiger partial charge in [-0.05, 0) is 24.6 Å². The van der Waals surface area contributed by atoms with E-state index in [0.717, 1.165) is 18.5 Å². The fourth-order valence-electron chi connectivity index (χ4n) is 1.56. The lowest BCUT2D eigenvalue weighted by molar-refractivity contribution is -0.119. The molecule has 0 saturated heterocycles. The first-order valence-electron chi connectivity index (χ1n) is 6.50. The molecule has 0 unspecified atom stereocenters. The van der Waals surface area contributed by atoms with Crippen LogP contribution in [0.2, 0.25) is 0 Å². The number of unbranched alkanes of at least 4 members (excludes halogenated alkanes) is 1. The lowest BCUT2D eigenvalue weighted by atomic mass is 10.2. The van der Waals surface area contributed by atoms with E-state index in [2.05, 4.69) is 22.9 Å². The van der Waals surface area contributed by atoms with E-state index in [1.165, 1.54) is 0 Å². The Morgan fingerprint density at radius 2 is 2.05 bits per heavy atom. The molecule has 1 rings (SSSR count). The molecule has 3 N–H and O–H groups in total. The summed E-state index contributed by atoms with van der Waals surface area (Å²) in [6.45, 7) is 2.99. The zero-order valence-electron chi connectivity index (χ0n) is 11.5. The van der Waals surface area contributed by atoms with Crippen molar-refractivity contribution < 1.29 is 9.59 Å². The van der Waals surface area contributed by atoms with Crippen LogP contribution in [0, 0.1) is 0 Å². The zero-order chi connectivity index (χ0) is 14.1. The van der Waals surface area contributed by atoms with Gasteiger partial charge in [-0.15, -0.1) is 0 Å². The number of carbonyl (C=O) groups is 2. The minimum atomic E-state index is -0.143. The molecule has 0 atom stereocenters. The highest BCUT2D eigenvalue weighted by Crippen LogP contribution is 2.10. The molecule has 1 aromatic carbocycles. The predicted molar refractivity (Wildman–Crippen MR) is 76.2 cm³/mol. The van der Waals surface area contributed by atoms with E-state index in [0.29, 0.717) is 12.1 Å². The molecule has 0 heterocycles. The number of anilines is 1. The van der Waals surface area contributed by atoms with Crippen molar-refractivity contribution in [2.75, 3.05) is 25.5 Å². The SMILES string of the molecule is CCCCNC(=O)CNc1cccc(C(=O)NC)c1. The van der Waals surface area contributed by atoms with Gasteiger partial charge in [0.1, 0.15) is 0 Å². The molecule has 0 radical (unpaired) electrons. The van der Waals surface area contributed by atoms with Crippen LogP contribution in [0.3, 0.4) is 0 Å². The molecule has 0 spiro atoms. The van der Waals surface area contributed by atoms with E-state index in [1.54, 1.807) is 25.2 Å². The quantitative estimate of drug-likeness (QED) is 0.651. The molecule has 0 fully saturated rings. The van der Waals surface area contributed by atoms with Gasteiger partial charge >= 0.3 is 0 Å². The number of nitrogens with one attached hydrogen (secondary N) is 3. The summed E-state index contributed by atoms with van der Waals surface area (Å²) in [5.41, 5.74) is 1.32. The first-order valence-corrected chi connectivity index (χ1v) is 6.50. The normalized spacial score (nSPS) is 9.79. The van der Waals surface area contributed by atoms with Crippen LogP contribution < -0.4 is 16.0 Å². The number of rotatable bonds is 7. The summed E-state index contributed by atoms with van der Waals surface area (Å²) in [4.78, 5) is 23.0. The van der Waals surface area contributed by atoms with E-state index >= 15 is 0 Å². The van der Waals surface area contributed by atoms with Crippen molar-refractivity contribution in [2.24, 2.45) is 0 Å². The van der Waals surface area contributed by atoms with E-state index in [1.807, 2.05) is 6.07 Å². The van der Waals surface area contributed by atoms with E-state index in [4.69, 9.17) is 0 Å². The highest BCUT2D eigenvalue weighted by molar-refractivity contribution is 5.95. The van der Waals surface area contributed by atoms with Gasteiger partial charge in [-0.25, -0.2) is 0 Å². The topological polar surface area (TPSA) is 70.2 Å². The second-order valence-corrected chi connectivity index (χ2v) is 4.22. The van der Waals surface area contributed by atoms with Gasteiger partial charge in [0.05, 0.1) is 6.54 Å². The van der Waals surface area contributed by atoms with Crippen LogP contribution in [0.15, 0.2) is 24.3 Å². The summed E-state index contributed by atoms with van der Waals surface area (Å²) in [6, 6.07) is 7.05. The summed E-state index contributed by atoms with van der Waals surface area (Å²) in [5, 5.41) is 8.38. The number of hydrogen-bond donors (Lipinski definition) is 3. The van der Waals surface area contributed by atoms with E-state index in [9.17, 15) is 9.59 Å². The molecule has 5 heteroatoms. The van der Waals surface area contributed by atoms with Gasteiger partial charge in [-0.2, -0.15) is 0 Å². The second-order valence-electron chi connectivity index (χ2n) is 4.22. The Bertz CT molecular complexity index is 432. The zero-order valence-corrected chi connectivity index (χ0v) is 11.5. The smallest absolute Gasteiger partial charge is 0.251 e. The minimum absolute atomic E-state index is 0.0428. The fourth-order valence-corrected chi connectivity index (χ4v) is 1.56. The largest absolute Gasteiger partial charge is 0.376 e. The first kappa shape index (κ1) is 15.0. The van der Waals surface area contributed by atoms with Crippen LogP contribution in [0.1, 0.15) is 30.1 Å². The first-order chi connectivity index (χ1) is 9.17. The summed E-state index contributed by atoms with van der Waals surface area (Å²) in [5.74, 6) is -0.185. The number of amides is 2. The molecule has 5 nitrogen and oxygen atoms in total. The maximum Gasteiger partial charge on any atom is 0.251 e. The average Bonchev–Trinajstić information content (AvgIpc) is 2.45. The van der Waals surface area contributed by atoms with Gasteiger partial charge in [-0.3, -0.25) is 9.59 Å². The van der Waals surface area contributed by atoms with E-state index < -0.39 is 0 Å². The number of benzene rings is 1. The Morgan fingerprint density at radius 1 is 1.26 bits per heavy atom. The highest BCUT2D eigenvalue weighted by Gasteiger charge is 2.04. The van der Waals surface area contributed by atoms with Crippen molar-refractivity contribution in [3.05, 3.63) is 29.8 Å². The fraction of sp³-hybridized carbons (Fsp3) is 0.429. The van der Waals surface area contributed by atoms with Gasteiger partial charge in [0.15, 0.2) is 0 Å². The Balaban J connectivity index is 2.44. The lowest BCUT2D eigenvalue weighted by Gasteiger charge is -2.08. The Kier molecular flexibility index (Phi) is 6.43. The molecular weight excluding hydrogens is 242 g/mol. The maximum atomic E-state index is 11.5. The van der Waals surface area contributed by atoms with Crippen molar-refractivity contribution in [2.45, 2.75) is 19.8 Å².